The molecule has 12 heteroatoms. The quantitative estimate of drug-likeness (QED) is 0.0905. The summed E-state index contributed by atoms with van der Waals surface area (Å²) in [7, 11) is 0. The maximum Gasteiger partial charge on any atom is 0.225 e. The van der Waals surface area contributed by atoms with E-state index in [1.807, 2.05) is 152 Å². The molecule has 1 unspecified atom stereocenters. The highest BCUT2D eigenvalue weighted by atomic mass is 19.1. The number of benzene rings is 5. The van der Waals surface area contributed by atoms with Crippen LogP contribution in [0.3, 0.4) is 0 Å². The Bertz CT molecular complexity index is 1910. The van der Waals surface area contributed by atoms with Crippen LogP contribution in [-0.4, -0.2) is 89.7 Å². The highest BCUT2D eigenvalue weighted by Gasteiger charge is 2.54. The van der Waals surface area contributed by atoms with Crippen LogP contribution in [0.25, 0.3) is 0 Å². The molecule has 2 saturated heterocycles. The molecule has 7 rings (SSSR count). The van der Waals surface area contributed by atoms with Gasteiger partial charge in [-0.05, 0) is 27.8 Å². The van der Waals surface area contributed by atoms with Crippen molar-refractivity contribution in [2.45, 2.75) is 101 Å². The third-order valence-electron chi connectivity index (χ3n) is 10.3. The van der Waals surface area contributed by atoms with Gasteiger partial charge in [0.05, 0.1) is 39.6 Å². The molecule has 59 heavy (non-hydrogen) atoms. The molecule has 0 bridgehead atoms. The van der Waals surface area contributed by atoms with Crippen LogP contribution in [0.15, 0.2) is 152 Å². The Morgan fingerprint density at radius 3 is 1.31 bits per heavy atom. The fraction of sp³-hybridized carbons (Fsp3) is 0.362. The van der Waals surface area contributed by atoms with Crippen LogP contribution in [0, 0.1) is 0 Å². The van der Waals surface area contributed by atoms with E-state index in [0.717, 1.165) is 27.8 Å². The zero-order valence-electron chi connectivity index (χ0n) is 32.5. The van der Waals surface area contributed by atoms with E-state index >= 15 is 0 Å². The number of ether oxygens (including phenoxy) is 8. The first kappa shape index (κ1) is 42.7. The molecule has 2 fully saturated rings. The largest absolute Gasteiger partial charge is 0.387 e. The summed E-state index contributed by atoms with van der Waals surface area (Å²) in [6.45, 7) is 0.815. The number of aliphatic hydroxyl groups is 3. The van der Waals surface area contributed by atoms with Crippen LogP contribution >= 0.6 is 0 Å². The van der Waals surface area contributed by atoms with Crippen LogP contribution in [-0.2, 0) is 70.9 Å². The maximum atomic E-state index is 14.4. The maximum absolute atomic E-state index is 14.4. The number of hydrogen-bond acceptors (Lipinski definition) is 11. The number of rotatable bonds is 19. The SMILES string of the molecule is OC(F)[C@H]1O[C@H](O)[C@H](O[C@H]2O[C@H](COCc3ccccc3)[C@@H](OCc3ccccc3)[C@H](OCc3ccccc3)[C@H]2OCc2ccccc2)[C@@H](OCc2ccccc2)[C@@H]1O. The molecule has 0 aromatic heterocycles. The van der Waals surface area contributed by atoms with Gasteiger partial charge < -0.3 is 53.2 Å². The lowest BCUT2D eigenvalue weighted by Crippen LogP contribution is -2.66. The van der Waals surface area contributed by atoms with E-state index in [-0.39, 0.29) is 39.6 Å². The normalized spacial score (nSPS) is 27.6. The van der Waals surface area contributed by atoms with E-state index in [0.29, 0.717) is 0 Å². The van der Waals surface area contributed by atoms with Gasteiger partial charge in [-0.1, -0.05) is 152 Å². The Morgan fingerprint density at radius 1 is 0.475 bits per heavy atom. The lowest BCUT2D eigenvalue weighted by Gasteiger charge is -2.49. The minimum atomic E-state index is -2.62. The number of hydrogen-bond donors (Lipinski definition) is 3. The molecule has 2 heterocycles. The van der Waals surface area contributed by atoms with Gasteiger partial charge in [-0.25, -0.2) is 4.39 Å². The van der Waals surface area contributed by atoms with Crippen LogP contribution in [0.4, 0.5) is 4.39 Å². The summed E-state index contributed by atoms with van der Waals surface area (Å²) in [6, 6.07) is 47.8. The number of halogens is 1. The van der Waals surface area contributed by atoms with Crippen molar-refractivity contribution in [1.29, 1.82) is 0 Å². The molecule has 312 valence electrons. The van der Waals surface area contributed by atoms with Gasteiger partial charge in [0.2, 0.25) is 6.36 Å². The Morgan fingerprint density at radius 2 is 0.864 bits per heavy atom. The lowest BCUT2D eigenvalue weighted by molar-refractivity contribution is -0.381. The van der Waals surface area contributed by atoms with Gasteiger partial charge in [-0.2, -0.15) is 0 Å². The monoisotopic (exact) mass is 810 g/mol. The van der Waals surface area contributed by atoms with Gasteiger partial charge in [0, 0.05) is 0 Å². The molecule has 2 aliphatic rings. The summed E-state index contributed by atoms with van der Waals surface area (Å²) >= 11 is 0. The Labute approximate surface area is 343 Å². The predicted octanol–water partition coefficient (Wildman–Crippen LogP) is 6.02. The Balaban J connectivity index is 1.23. The van der Waals surface area contributed by atoms with E-state index in [4.69, 9.17) is 37.9 Å². The summed E-state index contributed by atoms with van der Waals surface area (Å²) in [5.41, 5.74) is 4.40. The number of aliphatic hydroxyl groups excluding tert-OH is 3. The molecule has 0 aliphatic carbocycles. The average Bonchev–Trinajstić information content (AvgIpc) is 3.27. The van der Waals surface area contributed by atoms with Gasteiger partial charge in [0.25, 0.3) is 0 Å². The third kappa shape index (κ3) is 11.9. The smallest absolute Gasteiger partial charge is 0.225 e. The van der Waals surface area contributed by atoms with Crippen molar-refractivity contribution >= 4 is 0 Å². The zero-order chi connectivity index (χ0) is 40.8. The lowest BCUT2D eigenvalue weighted by atomic mass is 9.96. The first-order valence-corrected chi connectivity index (χ1v) is 19.8. The molecule has 5 aromatic rings. The minimum Gasteiger partial charge on any atom is -0.387 e. The van der Waals surface area contributed by atoms with Crippen molar-refractivity contribution in [1.82, 2.24) is 0 Å². The van der Waals surface area contributed by atoms with Gasteiger partial charge in [-0.3, -0.25) is 0 Å². The summed E-state index contributed by atoms with van der Waals surface area (Å²) in [4.78, 5) is 0. The van der Waals surface area contributed by atoms with Crippen molar-refractivity contribution in [3.05, 3.63) is 179 Å². The van der Waals surface area contributed by atoms with E-state index in [9.17, 15) is 19.7 Å². The summed E-state index contributed by atoms with van der Waals surface area (Å²) < 4.78 is 65.9. The topological polar surface area (TPSA) is 135 Å². The standard InChI is InChI=1S/C47H51FO11/c48-45(50)41-38(49)40(54-28-34-20-10-3-11-21-34)43(46(51)58-41)59-47-44(56-30-36-24-14-5-15-25-36)42(55-29-35-22-12-4-13-23-35)39(53-27-33-18-8-2-9-19-33)37(57-47)31-52-26-32-16-6-1-7-17-32/h1-25,37-47,49-51H,26-31H2/t37-,38+,39-,40+,41+,42+,43-,44-,45?,46+,47-/m1/s1. The zero-order valence-corrected chi connectivity index (χ0v) is 32.5. The van der Waals surface area contributed by atoms with Crippen molar-refractivity contribution in [3.63, 3.8) is 0 Å². The average molecular weight is 811 g/mol. The molecule has 11 nitrogen and oxygen atoms in total. The van der Waals surface area contributed by atoms with Crippen molar-refractivity contribution in [3.8, 4) is 0 Å². The van der Waals surface area contributed by atoms with Crippen molar-refractivity contribution in [2.24, 2.45) is 0 Å². The van der Waals surface area contributed by atoms with Gasteiger partial charge >= 0.3 is 0 Å². The molecule has 11 atom stereocenters. The van der Waals surface area contributed by atoms with Crippen LogP contribution < -0.4 is 0 Å². The van der Waals surface area contributed by atoms with Crippen LogP contribution in [0.1, 0.15) is 27.8 Å². The third-order valence-corrected chi connectivity index (χ3v) is 10.3. The van der Waals surface area contributed by atoms with Crippen LogP contribution in [0.5, 0.6) is 0 Å². The second kappa shape index (κ2) is 21.7. The molecule has 0 spiro atoms. The molecule has 2 aliphatic heterocycles. The number of alkyl halides is 1. The molecular weight excluding hydrogens is 760 g/mol. The molecule has 5 aromatic carbocycles. The van der Waals surface area contributed by atoms with Crippen LogP contribution in [0.2, 0.25) is 0 Å². The first-order chi connectivity index (χ1) is 28.9. The Kier molecular flexibility index (Phi) is 15.7. The minimum absolute atomic E-state index is 0.0299. The van der Waals surface area contributed by atoms with Gasteiger partial charge in [-0.15, -0.1) is 0 Å². The summed E-state index contributed by atoms with van der Waals surface area (Å²) in [6.07, 6.45) is -15.7. The summed E-state index contributed by atoms with van der Waals surface area (Å²) in [5, 5.41) is 32.7. The fourth-order valence-corrected chi connectivity index (χ4v) is 7.21. The van der Waals surface area contributed by atoms with Crippen molar-refractivity contribution in [2.75, 3.05) is 6.61 Å². The summed E-state index contributed by atoms with van der Waals surface area (Å²) in [5.74, 6) is 0. The van der Waals surface area contributed by atoms with E-state index in [1.54, 1.807) is 0 Å². The molecule has 3 N–H and O–H groups in total. The van der Waals surface area contributed by atoms with E-state index < -0.39 is 67.8 Å². The second-order valence-corrected chi connectivity index (χ2v) is 14.5. The predicted molar refractivity (Wildman–Crippen MR) is 214 cm³/mol. The highest BCUT2D eigenvalue weighted by Crippen LogP contribution is 2.35. The fourth-order valence-electron chi connectivity index (χ4n) is 7.21. The van der Waals surface area contributed by atoms with Gasteiger partial charge in [0.1, 0.15) is 48.8 Å². The Hall–Kier alpha value is -4.41. The van der Waals surface area contributed by atoms with Gasteiger partial charge in [0.15, 0.2) is 12.6 Å². The van der Waals surface area contributed by atoms with E-state index in [2.05, 4.69) is 0 Å². The molecule has 0 amide bonds. The first-order valence-electron chi connectivity index (χ1n) is 19.8. The second-order valence-electron chi connectivity index (χ2n) is 14.5. The molecule has 0 radical (unpaired) electrons. The molecule has 0 saturated carbocycles. The van der Waals surface area contributed by atoms with E-state index in [1.165, 1.54) is 0 Å². The molecular formula is C47H51FO11. The highest BCUT2D eigenvalue weighted by molar-refractivity contribution is 5.17. The van der Waals surface area contributed by atoms with Crippen molar-refractivity contribution < 1.29 is 57.6 Å².